The molecule has 112 valence electrons. The number of benzene rings is 1. The Morgan fingerprint density at radius 2 is 1.81 bits per heavy atom. The minimum atomic E-state index is 0.498. The van der Waals surface area contributed by atoms with Crippen molar-refractivity contribution in [2.75, 3.05) is 23.7 Å². The molecular weight excluding hydrogens is 262 g/mol. The SMILES string of the molecule is Cc1ccccc1Cn1nc(N2CCCCCC2)nc1N. The average molecular weight is 285 g/mol. The first-order valence-electron chi connectivity index (χ1n) is 7.74. The van der Waals surface area contributed by atoms with Crippen LogP contribution >= 0.6 is 0 Å². The minimum Gasteiger partial charge on any atom is -0.368 e. The number of rotatable bonds is 3. The number of hydrogen-bond donors (Lipinski definition) is 1. The second-order valence-corrected chi connectivity index (χ2v) is 5.76. The molecule has 0 atom stereocenters. The highest BCUT2D eigenvalue weighted by atomic mass is 15.4. The topological polar surface area (TPSA) is 60.0 Å². The van der Waals surface area contributed by atoms with Crippen LogP contribution in [0.4, 0.5) is 11.9 Å². The van der Waals surface area contributed by atoms with Gasteiger partial charge in [-0.15, -0.1) is 5.10 Å². The predicted octanol–water partition coefficient (Wildman–Crippen LogP) is 2.60. The lowest BCUT2D eigenvalue weighted by molar-refractivity contribution is 0.678. The van der Waals surface area contributed by atoms with Gasteiger partial charge in [0.1, 0.15) is 0 Å². The average Bonchev–Trinajstić information content (AvgIpc) is 2.69. The van der Waals surface area contributed by atoms with E-state index in [1.54, 1.807) is 0 Å². The summed E-state index contributed by atoms with van der Waals surface area (Å²) >= 11 is 0. The van der Waals surface area contributed by atoms with Crippen LogP contribution in [0.1, 0.15) is 36.8 Å². The Balaban J connectivity index is 1.79. The van der Waals surface area contributed by atoms with E-state index in [0.29, 0.717) is 12.5 Å². The number of aryl methyl sites for hydroxylation is 1. The summed E-state index contributed by atoms with van der Waals surface area (Å²) in [6.45, 7) is 4.86. The third-order valence-electron chi connectivity index (χ3n) is 4.16. The fourth-order valence-corrected chi connectivity index (χ4v) is 2.81. The second kappa shape index (κ2) is 6.16. The normalized spacial score (nSPS) is 16.0. The van der Waals surface area contributed by atoms with Gasteiger partial charge in [0, 0.05) is 13.1 Å². The van der Waals surface area contributed by atoms with Gasteiger partial charge in [-0.3, -0.25) is 0 Å². The Morgan fingerprint density at radius 3 is 2.52 bits per heavy atom. The van der Waals surface area contributed by atoms with Gasteiger partial charge in [-0.2, -0.15) is 4.98 Å². The third-order valence-corrected chi connectivity index (χ3v) is 4.16. The van der Waals surface area contributed by atoms with Gasteiger partial charge in [0.25, 0.3) is 0 Å². The molecule has 0 radical (unpaired) electrons. The fraction of sp³-hybridized carbons (Fsp3) is 0.500. The monoisotopic (exact) mass is 285 g/mol. The second-order valence-electron chi connectivity index (χ2n) is 5.76. The molecule has 0 saturated carbocycles. The predicted molar refractivity (Wildman–Crippen MR) is 85.4 cm³/mol. The van der Waals surface area contributed by atoms with E-state index in [2.05, 4.69) is 34.0 Å². The van der Waals surface area contributed by atoms with Crippen molar-refractivity contribution in [3.63, 3.8) is 0 Å². The molecule has 5 nitrogen and oxygen atoms in total. The summed E-state index contributed by atoms with van der Waals surface area (Å²) < 4.78 is 1.81. The standard InChI is InChI=1S/C16H23N5/c1-13-8-4-5-9-14(13)12-21-15(17)18-16(19-21)20-10-6-2-3-7-11-20/h4-5,8-9H,2-3,6-7,10-12H2,1H3,(H2,17,18,19). The van der Waals surface area contributed by atoms with Crippen molar-refractivity contribution in [1.29, 1.82) is 0 Å². The Morgan fingerprint density at radius 1 is 1.10 bits per heavy atom. The van der Waals surface area contributed by atoms with Crippen molar-refractivity contribution in [2.24, 2.45) is 0 Å². The van der Waals surface area contributed by atoms with Crippen LogP contribution in [0.2, 0.25) is 0 Å². The Kier molecular flexibility index (Phi) is 4.08. The molecule has 1 aliphatic rings. The maximum atomic E-state index is 6.05. The molecule has 21 heavy (non-hydrogen) atoms. The first-order valence-corrected chi connectivity index (χ1v) is 7.74. The third kappa shape index (κ3) is 3.17. The highest BCUT2D eigenvalue weighted by molar-refractivity contribution is 5.36. The summed E-state index contributed by atoms with van der Waals surface area (Å²) in [7, 11) is 0. The Hall–Kier alpha value is -2.04. The number of hydrogen-bond acceptors (Lipinski definition) is 4. The van der Waals surface area contributed by atoms with Crippen molar-refractivity contribution in [3.05, 3.63) is 35.4 Å². The number of anilines is 2. The molecule has 2 aromatic rings. The minimum absolute atomic E-state index is 0.498. The molecule has 1 saturated heterocycles. The van der Waals surface area contributed by atoms with Crippen LogP contribution in [0.15, 0.2) is 24.3 Å². The molecule has 1 fully saturated rings. The van der Waals surface area contributed by atoms with Gasteiger partial charge in [-0.05, 0) is 30.9 Å². The van der Waals surface area contributed by atoms with Crippen LogP contribution in [0.25, 0.3) is 0 Å². The van der Waals surface area contributed by atoms with E-state index >= 15 is 0 Å². The van der Waals surface area contributed by atoms with Crippen molar-refractivity contribution in [3.8, 4) is 0 Å². The molecule has 2 heterocycles. The summed E-state index contributed by atoms with van der Waals surface area (Å²) in [5, 5.41) is 4.62. The summed E-state index contributed by atoms with van der Waals surface area (Å²) in [4.78, 5) is 6.72. The van der Waals surface area contributed by atoms with Gasteiger partial charge < -0.3 is 10.6 Å². The summed E-state index contributed by atoms with van der Waals surface area (Å²) in [5.74, 6) is 1.28. The molecule has 0 amide bonds. The molecule has 0 bridgehead atoms. The number of nitrogen functional groups attached to an aromatic ring is 1. The zero-order valence-electron chi connectivity index (χ0n) is 12.6. The maximum absolute atomic E-state index is 6.05. The lowest BCUT2D eigenvalue weighted by atomic mass is 10.1. The van der Waals surface area contributed by atoms with E-state index in [-0.39, 0.29) is 0 Å². The van der Waals surface area contributed by atoms with Crippen LogP contribution < -0.4 is 10.6 Å². The molecule has 0 aliphatic carbocycles. The summed E-state index contributed by atoms with van der Waals surface area (Å²) in [6.07, 6.45) is 5.03. The molecule has 1 aromatic heterocycles. The highest BCUT2D eigenvalue weighted by Gasteiger charge is 2.16. The molecule has 2 N–H and O–H groups in total. The van der Waals surface area contributed by atoms with E-state index in [9.17, 15) is 0 Å². The summed E-state index contributed by atoms with van der Waals surface area (Å²) in [6, 6.07) is 8.32. The van der Waals surface area contributed by atoms with Gasteiger partial charge >= 0.3 is 0 Å². The van der Waals surface area contributed by atoms with E-state index in [1.165, 1.54) is 36.8 Å². The molecule has 3 rings (SSSR count). The molecule has 0 spiro atoms. The van der Waals surface area contributed by atoms with Crippen molar-refractivity contribution in [1.82, 2.24) is 14.8 Å². The maximum Gasteiger partial charge on any atom is 0.246 e. The summed E-state index contributed by atoms with van der Waals surface area (Å²) in [5.41, 5.74) is 8.53. The zero-order valence-corrected chi connectivity index (χ0v) is 12.6. The number of nitrogens with two attached hydrogens (primary N) is 1. The van der Waals surface area contributed by atoms with Gasteiger partial charge in [-0.1, -0.05) is 37.1 Å². The smallest absolute Gasteiger partial charge is 0.246 e. The Labute approximate surface area is 125 Å². The van der Waals surface area contributed by atoms with E-state index in [1.807, 2.05) is 16.8 Å². The lowest BCUT2D eigenvalue weighted by Crippen LogP contribution is -2.25. The van der Waals surface area contributed by atoms with Crippen molar-refractivity contribution < 1.29 is 0 Å². The van der Waals surface area contributed by atoms with Gasteiger partial charge in [0.05, 0.1) is 6.54 Å². The Bertz CT molecular complexity index is 596. The fourth-order valence-electron chi connectivity index (χ4n) is 2.81. The first kappa shape index (κ1) is 13.9. The van der Waals surface area contributed by atoms with Gasteiger partial charge in [0.15, 0.2) is 0 Å². The molecule has 1 aliphatic heterocycles. The van der Waals surface area contributed by atoms with Crippen LogP contribution in [0, 0.1) is 6.92 Å². The molecule has 5 heteroatoms. The van der Waals surface area contributed by atoms with Crippen LogP contribution in [-0.4, -0.2) is 27.9 Å². The molecule has 1 aromatic carbocycles. The van der Waals surface area contributed by atoms with E-state index < -0.39 is 0 Å². The van der Waals surface area contributed by atoms with Crippen LogP contribution in [0.5, 0.6) is 0 Å². The number of nitrogens with zero attached hydrogens (tertiary/aromatic N) is 4. The van der Waals surface area contributed by atoms with Crippen LogP contribution in [0.3, 0.4) is 0 Å². The van der Waals surface area contributed by atoms with Gasteiger partial charge in [0.2, 0.25) is 11.9 Å². The van der Waals surface area contributed by atoms with E-state index in [0.717, 1.165) is 19.0 Å². The first-order chi connectivity index (χ1) is 10.2. The largest absolute Gasteiger partial charge is 0.368 e. The van der Waals surface area contributed by atoms with Gasteiger partial charge in [-0.25, -0.2) is 4.68 Å². The molecule has 0 unspecified atom stereocenters. The zero-order chi connectivity index (χ0) is 14.7. The number of aromatic nitrogens is 3. The lowest BCUT2D eigenvalue weighted by Gasteiger charge is -2.17. The van der Waals surface area contributed by atoms with Crippen LogP contribution in [-0.2, 0) is 6.54 Å². The molecular formula is C16H23N5. The quantitative estimate of drug-likeness (QED) is 0.941. The highest BCUT2D eigenvalue weighted by Crippen LogP contribution is 2.18. The van der Waals surface area contributed by atoms with Crippen molar-refractivity contribution in [2.45, 2.75) is 39.2 Å². The van der Waals surface area contributed by atoms with E-state index in [4.69, 9.17) is 5.73 Å². The van der Waals surface area contributed by atoms with Crippen molar-refractivity contribution >= 4 is 11.9 Å².